The molecule has 2 aromatic carbocycles. The number of oxazole rings is 2. The Hall–Kier alpha value is -5.98. The van der Waals surface area contributed by atoms with Gasteiger partial charge in [-0.2, -0.15) is 0 Å². The lowest BCUT2D eigenvalue weighted by Crippen LogP contribution is -2.31. The van der Waals surface area contributed by atoms with Gasteiger partial charge in [-0.15, -0.1) is 0 Å². The van der Waals surface area contributed by atoms with Crippen LogP contribution in [0.4, 0.5) is 0 Å². The number of hydrogen-bond donors (Lipinski definition) is 2. The highest BCUT2D eigenvalue weighted by molar-refractivity contribution is 5.94. The third-order valence-corrected chi connectivity index (χ3v) is 9.59. The summed E-state index contributed by atoms with van der Waals surface area (Å²) in [6, 6.07) is 15.2. The van der Waals surface area contributed by atoms with Gasteiger partial charge in [-0.05, 0) is 81.5 Å². The van der Waals surface area contributed by atoms with E-state index in [1.165, 1.54) is 0 Å². The Morgan fingerprint density at radius 2 is 1.39 bits per heavy atom. The normalized spacial score (nSPS) is 17.4. The van der Waals surface area contributed by atoms with E-state index in [2.05, 4.69) is 24.9 Å². The molecule has 2 aliphatic heterocycles. The minimum atomic E-state index is -0.167. The second-order valence-electron chi connectivity index (χ2n) is 13.1. The van der Waals surface area contributed by atoms with Crippen molar-refractivity contribution in [3.8, 4) is 34.0 Å². The minimum Gasteiger partial charge on any atom is -0.457 e. The first-order valence-electron chi connectivity index (χ1n) is 17.2. The quantitative estimate of drug-likeness (QED) is 0.166. The fraction of sp³-hybridized carbons (Fsp3) is 0.316. The fourth-order valence-electron chi connectivity index (χ4n) is 7.18. The van der Waals surface area contributed by atoms with E-state index in [1.54, 1.807) is 33.9 Å². The summed E-state index contributed by atoms with van der Waals surface area (Å²) >= 11 is 0. The molecule has 0 spiro atoms. The maximum atomic E-state index is 13.3. The van der Waals surface area contributed by atoms with E-state index >= 15 is 0 Å². The van der Waals surface area contributed by atoms with Crippen molar-refractivity contribution in [3.63, 3.8) is 0 Å². The molecule has 2 amide bonds. The molecule has 13 nitrogen and oxygen atoms in total. The number of carbonyl (C=O) groups excluding carboxylic acids is 2. The molecule has 0 radical (unpaired) electrons. The van der Waals surface area contributed by atoms with Gasteiger partial charge in [0.1, 0.15) is 34.7 Å². The number of hydrogen-bond acceptors (Lipinski definition) is 9. The minimum absolute atomic E-state index is 0.135. The van der Waals surface area contributed by atoms with Gasteiger partial charge in [0, 0.05) is 38.7 Å². The molecular weight excluding hydrogens is 648 g/mol. The van der Waals surface area contributed by atoms with E-state index in [-0.39, 0.29) is 23.9 Å². The number of rotatable bonds is 8. The van der Waals surface area contributed by atoms with Crippen LogP contribution in [0, 0.1) is 27.7 Å². The highest BCUT2D eigenvalue weighted by Gasteiger charge is 2.36. The largest absolute Gasteiger partial charge is 0.457 e. The van der Waals surface area contributed by atoms with Crippen molar-refractivity contribution in [1.82, 2.24) is 39.7 Å². The molecule has 2 N–H and O–H groups in total. The molecule has 260 valence electrons. The van der Waals surface area contributed by atoms with Gasteiger partial charge in [-0.3, -0.25) is 9.59 Å². The zero-order valence-electron chi connectivity index (χ0n) is 28.9. The van der Waals surface area contributed by atoms with Crippen LogP contribution < -0.4 is 4.74 Å². The second-order valence-corrected chi connectivity index (χ2v) is 13.1. The average molecular weight is 687 g/mol. The summed E-state index contributed by atoms with van der Waals surface area (Å²) in [5, 5.41) is 0. The number of aromatic nitrogens is 6. The predicted molar refractivity (Wildman–Crippen MR) is 186 cm³/mol. The highest BCUT2D eigenvalue weighted by atomic mass is 16.5. The van der Waals surface area contributed by atoms with E-state index < -0.39 is 0 Å². The van der Waals surface area contributed by atoms with E-state index in [0.717, 1.165) is 59.8 Å². The molecule has 6 heterocycles. The van der Waals surface area contributed by atoms with Crippen molar-refractivity contribution in [1.29, 1.82) is 0 Å². The number of nitrogens with one attached hydrogen (secondary N) is 2. The van der Waals surface area contributed by atoms with Gasteiger partial charge in [-0.1, -0.05) is 12.1 Å². The lowest BCUT2D eigenvalue weighted by Gasteiger charge is -2.22. The first kappa shape index (κ1) is 32.2. The van der Waals surface area contributed by atoms with Crippen LogP contribution in [0.5, 0.6) is 11.5 Å². The van der Waals surface area contributed by atoms with Gasteiger partial charge in [0.15, 0.2) is 23.2 Å². The Morgan fingerprint density at radius 1 is 0.765 bits per heavy atom. The molecule has 2 aliphatic rings. The molecule has 0 aliphatic carbocycles. The van der Waals surface area contributed by atoms with E-state index in [1.807, 2.05) is 64.5 Å². The number of benzene rings is 2. The maximum absolute atomic E-state index is 13.3. The first-order chi connectivity index (χ1) is 24.7. The van der Waals surface area contributed by atoms with E-state index in [4.69, 9.17) is 18.6 Å². The lowest BCUT2D eigenvalue weighted by atomic mass is 10.1. The van der Waals surface area contributed by atoms with Crippen molar-refractivity contribution >= 4 is 11.8 Å². The van der Waals surface area contributed by atoms with Crippen LogP contribution in [0.3, 0.4) is 0 Å². The molecule has 51 heavy (non-hydrogen) atoms. The standard InChI is InChI=1S/C38H38N8O5/c1-21-33(41-23(3)49-21)37(47)45-16-6-10-31(45)35-39-19-29(43-35)25-12-14-27(15-13-25)51-28-9-5-8-26(18-28)30-20-40-36(44-30)32-11-7-17-46(32)38(48)34-22(2)50-24(4)42-34/h5,8-9,12-15,18-20,31-32H,6-7,10-11,16-17H2,1-4H3,(H,39,43)(H,40,44)/t31-,32-/m0/s1. The third-order valence-electron chi connectivity index (χ3n) is 9.59. The molecular formula is C38H38N8O5. The van der Waals surface area contributed by atoms with Crippen molar-refractivity contribution < 1.29 is 23.2 Å². The van der Waals surface area contributed by atoms with Gasteiger partial charge < -0.3 is 33.3 Å². The SMILES string of the molecule is Cc1nc(C(=O)N2CCC[C@H]2c2nc(-c3cccc(Oc4ccc(-c5cnc([C@@H]6CCCN6C(=O)c6nc(C)oc6C)[nH]5)cc4)c3)c[nH]2)c(C)o1. The number of H-pyrrole nitrogens is 2. The number of imidazole rings is 2. The monoisotopic (exact) mass is 686 g/mol. The highest BCUT2D eigenvalue weighted by Crippen LogP contribution is 2.36. The summed E-state index contributed by atoms with van der Waals surface area (Å²) in [5.41, 5.74) is 4.18. The van der Waals surface area contributed by atoms with Gasteiger partial charge in [0.2, 0.25) is 0 Å². The van der Waals surface area contributed by atoms with Crippen molar-refractivity contribution in [2.45, 2.75) is 65.5 Å². The first-order valence-corrected chi connectivity index (χ1v) is 17.2. The van der Waals surface area contributed by atoms with Crippen molar-refractivity contribution in [2.24, 2.45) is 0 Å². The van der Waals surface area contributed by atoms with Crippen LogP contribution in [-0.2, 0) is 0 Å². The molecule has 4 aromatic heterocycles. The molecule has 6 aromatic rings. The molecule has 0 bridgehead atoms. The van der Waals surface area contributed by atoms with Gasteiger partial charge in [0.25, 0.3) is 11.8 Å². The lowest BCUT2D eigenvalue weighted by molar-refractivity contribution is 0.0715. The zero-order chi connectivity index (χ0) is 35.2. The number of ether oxygens (including phenoxy) is 1. The summed E-state index contributed by atoms with van der Waals surface area (Å²) < 4.78 is 17.3. The summed E-state index contributed by atoms with van der Waals surface area (Å²) in [7, 11) is 0. The zero-order valence-corrected chi connectivity index (χ0v) is 28.9. The van der Waals surface area contributed by atoms with Crippen molar-refractivity contribution in [3.05, 3.63) is 107 Å². The Kier molecular flexibility index (Phi) is 8.25. The summed E-state index contributed by atoms with van der Waals surface area (Å²) in [6.07, 6.45) is 7.08. The number of aryl methyl sites for hydroxylation is 4. The molecule has 2 fully saturated rings. The van der Waals surface area contributed by atoms with Crippen LogP contribution in [0.25, 0.3) is 22.5 Å². The van der Waals surface area contributed by atoms with Gasteiger partial charge in [0.05, 0.1) is 29.7 Å². The third kappa shape index (κ3) is 6.19. The molecule has 2 atom stereocenters. The molecule has 2 saturated heterocycles. The molecule has 0 saturated carbocycles. The van der Waals surface area contributed by atoms with Crippen LogP contribution in [0.2, 0.25) is 0 Å². The van der Waals surface area contributed by atoms with Gasteiger partial charge >= 0.3 is 0 Å². The van der Waals surface area contributed by atoms with Crippen LogP contribution in [0.1, 0.15) is 93.7 Å². The average Bonchev–Trinajstić information content (AvgIpc) is 3.97. The predicted octanol–water partition coefficient (Wildman–Crippen LogP) is 7.42. The van der Waals surface area contributed by atoms with Crippen LogP contribution >= 0.6 is 0 Å². The Morgan fingerprint density at radius 3 is 2.00 bits per heavy atom. The van der Waals surface area contributed by atoms with E-state index in [9.17, 15) is 9.59 Å². The molecule has 13 heteroatoms. The number of amides is 2. The topological polar surface area (TPSA) is 159 Å². The number of aromatic amines is 2. The summed E-state index contributed by atoms with van der Waals surface area (Å²) in [5.74, 6) is 4.59. The van der Waals surface area contributed by atoms with Gasteiger partial charge in [-0.25, -0.2) is 19.9 Å². The summed E-state index contributed by atoms with van der Waals surface area (Å²) in [6.45, 7) is 8.30. The fourth-order valence-corrected chi connectivity index (χ4v) is 7.18. The van der Waals surface area contributed by atoms with E-state index in [0.29, 0.717) is 59.3 Å². The maximum Gasteiger partial charge on any atom is 0.276 e. The summed E-state index contributed by atoms with van der Waals surface area (Å²) in [4.78, 5) is 55.2. The number of nitrogens with zero attached hydrogens (tertiary/aromatic N) is 6. The van der Waals surface area contributed by atoms with Crippen LogP contribution in [-0.4, -0.2) is 64.6 Å². The Bertz CT molecular complexity index is 2230. The number of carbonyl (C=O) groups is 2. The van der Waals surface area contributed by atoms with Crippen molar-refractivity contribution in [2.75, 3.05) is 13.1 Å². The Balaban J connectivity index is 0.932. The molecule has 8 rings (SSSR count). The molecule has 0 unspecified atom stereocenters. The number of likely N-dealkylation sites (tertiary alicyclic amines) is 2. The Labute approximate surface area is 294 Å². The van der Waals surface area contributed by atoms with Crippen LogP contribution in [0.15, 0.2) is 69.8 Å². The second kappa shape index (κ2) is 13.0. The smallest absolute Gasteiger partial charge is 0.276 e.